The molecular formula is C20H21N5O. The highest BCUT2D eigenvalue weighted by atomic mass is 16.3. The molecule has 1 aromatic heterocycles. The summed E-state index contributed by atoms with van der Waals surface area (Å²) in [5.74, 6) is 0.0878. The second-order valence-electron chi connectivity index (χ2n) is 6.75. The first-order chi connectivity index (χ1) is 12.7. The van der Waals surface area contributed by atoms with Crippen molar-refractivity contribution >= 4 is 17.4 Å². The largest absolute Gasteiger partial charge is 0.507 e. The molecule has 3 heterocycles. The molecule has 5 N–H and O–H groups in total. The van der Waals surface area contributed by atoms with Crippen molar-refractivity contribution in [3.63, 3.8) is 0 Å². The molecule has 26 heavy (non-hydrogen) atoms. The van der Waals surface area contributed by atoms with Crippen molar-refractivity contribution in [1.82, 2.24) is 15.5 Å². The van der Waals surface area contributed by atoms with Crippen LogP contribution in [0.5, 0.6) is 5.75 Å². The average Bonchev–Trinajstić information content (AvgIpc) is 3.01. The number of hydrogen-bond donors (Lipinski definition) is 4. The molecule has 2 aliphatic heterocycles. The van der Waals surface area contributed by atoms with Crippen LogP contribution >= 0.6 is 0 Å². The second kappa shape index (κ2) is 6.72. The zero-order chi connectivity index (χ0) is 18.1. The van der Waals surface area contributed by atoms with Gasteiger partial charge in [0.2, 0.25) is 0 Å². The van der Waals surface area contributed by atoms with Gasteiger partial charge >= 0.3 is 0 Å². The van der Waals surface area contributed by atoms with E-state index in [1.54, 1.807) is 18.2 Å². The van der Waals surface area contributed by atoms with Gasteiger partial charge < -0.3 is 21.6 Å². The average molecular weight is 347 g/mol. The predicted molar refractivity (Wildman–Crippen MR) is 103 cm³/mol. The minimum Gasteiger partial charge on any atom is -0.507 e. The summed E-state index contributed by atoms with van der Waals surface area (Å²) in [5.41, 5.74) is 10.1. The lowest BCUT2D eigenvalue weighted by molar-refractivity contribution is 0.477. The maximum absolute atomic E-state index is 10.3. The van der Waals surface area contributed by atoms with Gasteiger partial charge in [0.15, 0.2) is 0 Å². The van der Waals surface area contributed by atoms with E-state index >= 15 is 0 Å². The summed E-state index contributed by atoms with van der Waals surface area (Å²) in [6, 6.07) is 10.0. The van der Waals surface area contributed by atoms with E-state index in [4.69, 9.17) is 11.1 Å². The topological polar surface area (TPSA) is 108 Å². The SMILES string of the molecule is N=CC(=CN)c1ccc(-c2ccc(C3=CC4CCC(C3)N4)nn2)c(O)c1. The van der Waals surface area contributed by atoms with Crippen molar-refractivity contribution in [3.8, 4) is 17.0 Å². The molecule has 0 radical (unpaired) electrons. The molecule has 0 saturated carbocycles. The molecule has 1 fully saturated rings. The summed E-state index contributed by atoms with van der Waals surface area (Å²) in [5, 5.41) is 30.0. The zero-order valence-corrected chi connectivity index (χ0v) is 14.3. The quantitative estimate of drug-likeness (QED) is 0.636. The number of phenols is 1. The molecule has 2 bridgehead atoms. The normalized spacial score (nSPS) is 22.2. The lowest BCUT2D eigenvalue weighted by Gasteiger charge is -2.20. The number of aromatic hydroxyl groups is 1. The molecule has 0 amide bonds. The monoisotopic (exact) mass is 347 g/mol. The van der Waals surface area contributed by atoms with E-state index in [-0.39, 0.29) is 5.75 Å². The van der Waals surface area contributed by atoms with Crippen LogP contribution in [0, 0.1) is 5.41 Å². The molecule has 1 aromatic carbocycles. The summed E-state index contributed by atoms with van der Waals surface area (Å²) >= 11 is 0. The molecule has 4 rings (SSSR count). The van der Waals surface area contributed by atoms with Gasteiger partial charge in [-0.15, -0.1) is 5.10 Å². The first kappa shape index (κ1) is 16.5. The minimum atomic E-state index is 0.0878. The fraction of sp³-hybridized carbons (Fsp3) is 0.250. The molecule has 132 valence electrons. The number of allylic oxidation sites excluding steroid dienone is 1. The highest BCUT2D eigenvalue weighted by Gasteiger charge is 2.28. The lowest BCUT2D eigenvalue weighted by atomic mass is 9.99. The third-order valence-corrected chi connectivity index (χ3v) is 5.08. The molecule has 2 atom stereocenters. The van der Waals surface area contributed by atoms with E-state index in [1.165, 1.54) is 24.6 Å². The third kappa shape index (κ3) is 2.99. The zero-order valence-electron chi connectivity index (χ0n) is 14.3. The van der Waals surface area contributed by atoms with E-state index in [9.17, 15) is 5.11 Å². The molecule has 2 unspecified atom stereocenters. The Labute approximate surface area is 152 Å². The van der Waals surface area contributed by atoms with Crippen molar-refractivity contribution in [2.75, 3.05) is 0 Å². The maximum Gasteiger partial charge on any atom is 0.125 e. The molecule has 0 aliphatic carbocycles. The summed E-state index contributed by atoms with van der Waals surface area (Å²) in [4.78, 5) is 0. The number of nitrogens with one attached hydrogen (secondary N) is 2. The van der Waals surface area contributed by atoms with E-state index in [2.05, 4.69) is 21.6 Å². The summed E-state index contributed by atoms with van der Waals surface area (Å²) in [6.07, 6.45) is 8.15. The van der Waals surface area contributed by atoms with E-state index in [0.29, 0.717) is 34.5 Å². The number of aromatic nitrogens is 2. The molecule has 6 nitrogen and oxygen atoms in total. The number of benzene rings is 1. The molecule has 0 spiro atoms. The van der Waals surface area contributed by atoms with Crippen LogP contribution in [-0.4, -0.2) is 33.6 Å². The Kier molecular flexibility index (Phi) is 4.26. The number of nitrogens with zero attached hydrogens (tertiary/aromatic N) is 2. The molecule has 6 heteroatoms. The first-order valence-electron chi connectivity index (χ1n) is 8.75. The van der Waals surface area contributed by atoms with Crippen LogP contribution in [0.3, 0.4) is 0 Å². The van der Waals surface area contributed by atoms with E-state index in [1.807, 2.05) is 12.1 Å². The standard InChI is InChI=1S/C20H21N5O/c21-10-14(11-22)12-1-4-17(20(26)9-12)19-6-5-18(24-25-19)13-7-15-2-3-16(8-13)23-15/h1,4-7,9-11,15-16,21,23,26H,2-3,8,22H2. The van der Waals surface area contributed by atoms with Crippen molar-refractivity contribution < 1.29 is 5.11 Å². The van der Waals surface area contributed by atoms with Crippen LogP contribution in [0.25, 0.3) is 22.4 Å². The van der Waals surface area contributed by atoms with E-state index in [0.717, 1.165) is 18.3 Å². The fourth-order valence-electron chi connectivity index (χ4n) is 3.71. The fourth-order valence-corrected chi connectivity index (χ4v) is 3.71. The van der Waals surface area contributed by atoms with Gasteiger partial charge in [0, 0.05) is 35.6 Å². The van der Waals surface area contributed by atoms with Gasteiger partial charge in [-0.2, -0.15) is 5.10 Å². The van der Waals surface area contributed by atoms with Gasteiger partial charge in [-0.3, -0.25) is 0 Å². The highest BCUT2D eigenvalue weighted by molar-refractivity contribution is 6.08. The first-order valence-corrected chi connectivity index (χ1v) is 8.75. The Balaban J connectivity index is 1.60. The summed E-state index contributed by atoms with van der Waals surface area (Å²) in [7, 11) is 0. The number of fused-ring (bicyclic) bond motifs is 2. The van der Waals surface area contributed by atoms with Crippen molar-refractivity contribution in [1.29, 1.82) is 5.41 Å². The Morgan fingerprint density at radius 1 is 1.19 bits per heavy atom. The van der Waals surface area contributed by atoms with Crippen LogP contribution in [-0.2, 0) is 0 Å². The van der Waals surface area contributed by atoms with Gasteiger partial charge in [-0.25, -0.2) is 0 Å². The van der Waals surface area contributed by atoms with E-state index < -0.39 is 0 Å². The van der Waals surface area contributed by atoms with Crippen LogP contribution in [0.4, 0.5) is 0 Å². The Hall–Kier alpha value is -2.99. The molecule has 2 aliphatic rings. The molecule has 2 aromatic rings. The maximum atomic E-state index is 10.3. The van der Waals surface area contributed by atoms with Gasteiger partial charge in [-0.1, -0.05) is 12.1 Å². The van der Waals surface area contributed by atoms with Crippen molar-refractivity contribution in [2.45, 2.75) is 31.3 Å². The van der Waals surface area contributed by atoms with Crippen LogP contribution in [0.1, 0.15) is 30.5 Å². The Morgan fingerprint density at radius 3 is 2.65 bits per heavy atom. The second-order valence-corrected chi connectivity index (χ2v) is 6.75. The smallest absolute Gasteiger partial charge is 0.125 e. The van der Waals surface area contributed by atoms with Gasteiger partial charge in [0.25, 0.3) is 0 Å². The predicted octanol–water partition coefficient (Wildman–Crippen LogP) is 2.71. The number of rotatable bonds is 4. The number of phenolic OH excluding ortho intramolecular Hbond substituents is 1. The van der Waals surface area contributed by atoms with Gasteiger partial charge in [-0.05, 0) is 54.7 Å². The lowest BCUT2D eigenvalue weighted by Crippen LogP contribution is -2.32. The van der Waals surface area contributed by atoms with Crippen LogP contribution < -0.4 is 11.1 Å². The third-order valence-electron chi connectivity index (χ3n) is 5.08. The Bertz CT molecular complexity index is 901. The van der Waals surface area contributed by atoms with Crippen LogP contribution in [0.2, 0.25) is 0 Å². The molecular weight excluding hydrogens is 326 g/mol. The van der Waals surface area contributed by atoms with Crippen LogP contribution in [0.15, 0.2) is 42.6 Å². The summed E-state index contributed by atoms with van der Waals surface area (Å²) in [6.45, 7) is 0. The number of nitrogens with two attached hydrogens (primary N) is 1. The van der Waals surface area contributed by atoms with Crippen molar-refractivity contribution in [3.05, 3.63) is 53.9 Å². The molecule has 1 saturated heterocycles. The van der Waals surface area contributed by atoms with Gasteiger partial charge in [0.05, 0.1) is 11.4 Å². The minimum absolute atomic E-state index is 0.0878. The van der Waals surface area contributed by atoms with Crippen molar-refractivity contribution in [2.24, 2.45) is 5.73 Å². The number of hydrogen-bond acceptors (Lipinski definition) is 6. The van der Waals surface area contributed by atoms with Gasteiger partial charge in [0.1, 0.15) is 5.75 Å². The highest BCUT2D eigenvalue weighted by Crippen LogP contribution is 2.33. The summed E-state index contributed by atoms with van der Waals surface area (Å²) < 4.78 is 0. The Morgan fingerprint density at radius 2 is 2.00 bits per heavy atom.